The van der Waals surface area contributed by atoms with E-state index in [0.717, 1.165) is 11.0 Å². The molecule has 1 amide bonds. The Balaban J connectivity index is 3.10. The van der Waals surface area contributed by atoms with Gasteiger partial charge in [-0.3, -0.25) is 14.9 Å². The first-order chi connectivity index (χ1) is 9.36. The van der Waals surface area contributed by atoms with Crippen molar-refractivity contribution in [3.05, 3.63) is 39.4 Å². The van der Waals surface area contributed by atoms with Crippen LogP contribution in [-0.2, 0) is 0 Å². The summed E-state index contributed by atoms with van der Waals surface area (Å²) in [4.78, 5) is 23.3. The lowest BCUT2D eigenvalue weighted by Crippen LogP contribution is -2.36. The summed E-state index contributed by atoms with van der Waals surface area (Å²) in [5, 5.41) is 11.1. The second-order valence-electron chi connectivity index (χ2n) is 4.09. The van der Waals surface area contributed by atoms with Gasteiger partial charge in [0, 0.05) is 29.6 Å². The quantitative estimate of drug-likeness (QED) is 0.450. The highest BCUT2D eigenvalue weighted by molar-refractivity contribution is 9.09. The molecule has 0 heterocycles. The summed E-state index contributed by atoms with van der Waals surface area (Å²) >= 11 is 3.09. The van der Waals surface area contributed by atoms with Gasteiger partial charge in [-0.2, -0.15) is 0 Å². The Morgan fingerprint density at radius 3 is 2.65 bits per heavy atom. The van der Waals surface area contributed by atoms with Gasteiger partial charge >= 0.3 is 0 Å². The number of rotatable bonds is 6. The zero-order chi connectivity index (χ0) is 15.3. The fourth-order valence-corrected chi connectivity index (χ4v) is 2.10. The van der Waals surface area contributed by atoms with Gasteiger partial charge in [-0.25, -0.2) is 8.78 Å². The molecule has 0 radical (unpaired) electrons. The maximum Gasteiger partial charge on any atom is 0.270 e. The number of alkyl halides is 3. The van der Waals surface area contributed by atoms with Crippen LogP contribution in [0.15, 0.2) is 18.2 Å². The van der Waals surface area contributed by atoms with E-state index in [1.165, 1.54) is 12.1 Å². The van der Waals surface area contributed by atoms with Gasteiger partial charge in [0.15, 0.2) is 0 Å². The van der Waals surface area contributed by atoms with E-state index in [1.807, 2.05) is 0 Å². The summed E-state index contributed by atoms with van der Waals surface area (Å²) in [6, 6.07) is 3.82. The van der Waals surface area contributed by atoms with E-state index in [0.29, 0.717) is 10.9 Å². The van der Waals surface area contributed by atoms with Crippen molar-refractivity contribution in [3.8, 4) is 0 Å². The number of hydrogen-bond acceptors (Lipinski definition) is 3. The minimum Gasteiger partial charge on any atom is -0.332 e. The molecule has 0 N–H and O–H groups in total. The van der Waals surface area contributed by atoms with E-state index in [1.54, 1.807) is 6.92 Å². The fourth-order valence-electron chi connectivity index (χ4n) is 1.67. The lowest BCUT2D eigenvalue weighted by molar-refractivity contribution is -0.384. The Hall–Kier alpha value is -1.57. The number of benzene rings is 1. The number of carbonyl (C=O) groups excluding carboxylic acids is 1. The standard InChI is InChI=1S/C12H13BrF2N2O3/c1-8-2-3-9(17(19)20)6-10(8)12(18)16(5-4-13)7-11(14)15/h2-3,6,11H,4-5,7H2,1H3. The molecule has 0 aliphatic heterocycles. The summed E-state index contributed by atoms with van der Waals surface area (Å²) < 4.78 is 24.9. The average Bonchev–Trinajstić information content (AvgIpc) is 2.37. The highest BCUT2D eigenvalue weighted by Crippen LogP contribution is 2.19. The smallest absolute Gasteiger partial charge is 0.270 e. The molecule has 0 unspecified atom stereocenters. The van der Waals surface area contributed by atoms with E-state index >= 15 is 0 Å². The maximum atomic E-state index is 12.5. The minimum absolute atomic E-state index is 0.0702. The molecule has 20 heavy (non-hydrogen) atoms. The van der Waals surface area contributed by atoms with E-state index in [4.69, 9.17) is 0 Å². The topological polar surface area (TPSA) is 63.5 Å². The van der Waals surface area contributed by atoms with Crippen LogP contribution in [0.4, 0.5) is 14.5 Å². The van der Waals surface area contributed by atoms with Crippen molar-refractivity contribution in [1.82, 2.24) is 4.90 Å². The number of hydrogen-bond donors (Lipinski definition) is 0. The van der Waals surface area contributed by atoms with Gasteiger partial charge in [0.25, 0.3) is 18.0 Å². The van der Waals surface area contributed by atoms with Gasteiger partial charge in [0.1, 0.15) is 0 Å². The average molecular weight is 351 g/mol. The predicted octanol–water partition coefficient (Wildman–Crippen LogP) is 3.01. The van der Waals surface area contributed by atoms with Crippen LogP contribution in [0.25, 0.3) is 0 Å². The summed E-state index contributed by atoms with van der Waals surface area (Å²) in [7, 11) is 0. The molecule has 1 aromatic carbocycles. The number of non-ortho nitro benzene ring substituents is 1. The van der Waals surface area contributed by atoms with Gasteiger partial charge in [-0.15, -0.1) is 0 Å². The number of nitro benzene ring substituents is 1. The van der Waals surface area contributed by atoms with Gasteiger partial charge in [0.2, 0.25) is 0 Å². The monoisotopic (exact) mass is 350 g/mol. The summed E-state index contributed by atoms with van der Waals surface area (Å²) in [6.45, 7) is 1.00. The van der Waals surface area contributed by atoms with Crippen LogP contribution < -0.4 is 0 Å². The van der Waals surface area contributed by atoms with E-state index in [9.17, 15) is 23.7 Å². The molecule has 8 heteroatoms. The molecule has 0 atom stereocenters. The third-order valence-corrected chi connectivity index (χ3v) is 3.02. The molecule has 110 valence electrons. The molecule has 5 nitrogen and oxygen atoms in total. The van der Waals surface area contributed by atoms with Crippen molar-refractivity contribution in [2.24, 2.45) is 0 Å². The number of nitrogens with zero attached hydrogens (tertiary/aromatic N) is 2. The van der Waals surface area contributed by atoms with Gasteiger partial charge < -0.3 is 4.90 Å². The molecule has 0 aliphatic carbocycles. The molecule has 0 aromatic heterocycles. The second-order valence-corrected chi connectivity index (χ2v) is 4.88. The van der Waals surface area contributed by atoms with Crippen molar-refractivity contribution in [1.29, 1.82) is 0 Å². The Kier molecular flexibility index (Phi) is 6.00. The van der Waals surface area contributed by atoms with Crippen molar-refractivity contribution >= 4 is 27.5 Å². The van der Waals surface area contributed by atoms with Crippen LogP contribution in [0, 0.1) is 17.0 Å². The molecule has 0 saturated heterocycles. The van der Waals surface area contributed by atoms with E-state index in [-0.39, 0.29) is 17.8 Å². The summed E-state index contributed by atoms with van der Waals surface area (Å²) in [5.74, 6) is -0.633. The third kappa shape index (κ3) is 4.22. The van der Waals surface area contributed by atoms with Crippen LogP contribution >= 0.6 is 15.9 Å². The number of nitro groups is 1. The molecule has 0 spiro atoms. The van der Waals surface area contributed by atoms with Crippen molar-refractivity contribution < 1.29 is 18.5 Å². The van der Waals surface area contributed by atoms with Crippen molar-refractivity contribution in [2.45, 2.75) is 13.3 Å². The molecule has 0 saturated carbocycles. The maximum absolute atomic E-state index is 12.5. The first kappa shape index (κ1) is 16.5. The fraction of sp³-hybridized carbons (Fsp3) is 0.417. The molecule has 1 rings (SSSR count). The molecule has 0 aliphatic rings. The molecule has 0 fully saturated rings. The highest BCUT2D eigenvalue weighted by Gasteiger charge is 2.22. The molecular weight excluding hydrogens is 338 g/mol. The first-order valence-corrected chi connectivity index (χ1v) is 6.87. The lowest BCUT2D eigenvalue weighted by atomic mass is 10.1. The van der Waals surface area contributed by atoms with Gasteiger partial charge in [0.05, 0.1) is 11.5 Å². The largest absolute Gasteiger partial charge is 0.332 e. The van der Waals surface area contributed by atoms with Crippen molar-refractivity contribution in [3.63, 3.8) is 0 Å². The normalized spacial score (nSPS) is 10.7. The Morgan fingerprint density at radius 2 is 2.15 bits per heavy atom. The molecule has 0 bridgehead atoms. The summed E-state index contributed by atoms with van der Waals surface area (Å²) in [5.41, 5.74) is 0.338. The number of aryl methyl sites for hydroxylation is 1. The predicted molar refractivity (Wildman–Crippen MR) is 73.5 cm³/mol. The van der Waals surface area contributed by atoms with Crippen LogP contribution in [0.2, 0.25) is 0 Å². The highest BCUT2D eigenvalue weighted by atomic mass is 79.9. The number of carbonyl (C=O) groups is 1. The second kappa shape index (κ2) is 7.28. The zero-order valence-corrected chi connectivity index (χ0v) is 12.3. The Bertz CT molecular complexity index is 511. The van der Waals surface area contributed by atoms with Crippen LogP contribution in [-0.4, -0.2) is 40.6 Å². The van der Waals surface area contributed by atoms with Crippen LogP contribution in [0.1, 0.15) is 15.9 Å². The minimum atomic E-state index is -2.66. The van der Waals surface area contributed by atoms with E-state index in [2.05, 4.69) is 15.9 Å². The summed E-state index contributed by atoms with van der Waals surface area (Å²) in [6.07, 6.45) is -2.66. The molecular formula is C12H13BrF2N2O3. The SMILES string of the molecule is Cc1ccc([N+](=O)[O-])cc1C(=O)N(CCBr)CC(F)F. The Labute approximate surface area is 122 Å². The third-order valence-electron chi connectivity index (χ3n) is 2.66. The first-order valence-electron chi connectivity index (χ1n) is 5.75. The van der Waals surface area contributed by atoms with Crippen LogP contribution in [0.3, 0.4) is 0 Å². The zero-order valence-electron chi connectivity index (χ0n) is 10.7. The number of amides is 1. The van der Waals surface area contributed by atoms with E-state index < -0.39 is 23.8 Å². The molecule has 1 aromatic rings. The van der Waals surface area contributed by atoms with Gasteiger partial charge in [-0.05, 0) is 12.5 Å². The van der Waals surface area contributed by atoms with Gasteiger partial charge in [-0.1, -0.05) is 22.0 Å². The van der Waals surface area contributed by atoms with Crippen LogP contribution in [0.5, 0.6) is 0 Å². The van der Waals surface area contributed by atoms with Crippen molar-refractivity contribution in [2.75, 3.05) is 18.4 Å². The lowest BCUT2D eigenvalue weighted by Gasteiger charge is -2.22. The number of halogens is 3. The Morgan fingerprint density at radius 1 is 1.50 bits per heavy atom.